The molecule has 1 saturated heterocycles. The molecule has 0 bridgehead atoms. The molecular formula is C24H26FNO5. The number of hydrogen-bond donors (Lipinski definition) is 1. The van der Waals surface area contributed by atoms with Crippen molar-refractivity contribution in [2.45, 2.75) is 31.5 Å². The van der Waals surface area contributed by atoms with Crippen LogP contribution in [0.15, 0.2) is 48.5 Å². The second-order valence-electron chi connectivity index (χ2n) is 8.34. The van der Waals surface area contributed by atoms with Crippen molar-refractivity contribution >= 4 is 11.9 Å². The van der Waals surface area contributed by atoms with Crippen LogP contribution in [0.1, 0.15) is 28.8 Å². The van der Waals surface area contributed by atoms with E-state index >= 15 is 0 Å². The van der Waals surface area contributed by atoms with Gasteiger partial charge in [-0.05, 0) is 60.6 Å². The number of rotatable bonds is 5. The summed E-state index contributed by atoms with van der Waals surface area (Å²) in [7, 11) is 1.32. The third-order valence-electron chi connectivity index (χ3n) is 6.22. The molecule has 2 aromatic carbocycles. The van der Waals surface area contributed by atoms with Crippen molar-refractivity contribution in [2.24, 2.45) is 11.8 Å². The second-order valence-corrected chi connectivity index (χ2v) is 8.34. The maximum Gasteiger partial charge on any atom is 0.337 e. The van der Waals surface area contributed by atoms with Crippen molar-refractivity contribution in [2.75, 3.05) is 20.2 Å². The zero-order chi connectivity index (χ0) is 22.0. The molecule has 2 aliphatic rings. The minimum absolute atomic E-state index is 0.0299. The number of nitrogens with zero attached hydrogens (tertiary/aromatic N) is 1. The maximum atomic E-state index is 13.4. The molecule has 31 heavy (non-hydrogen) atoms. The zero-order valence-corrected chi connectivity index (χ0v) is 17.4. The first kappa shape index (κ1) is 21.3. The fourth-order valence-electron chi connectivity index (χ4n) is 4.64. The van der Waals surface area contributed by atoms with E-state index in [4.69, 9.17) is 9.47 Å². The van der Waals surface area contributed by atoms with Crippen LogP contribution in [-0.2, 0) is 16.0 Å². The maximum absolute atomic E-state index is 13.4. The molecule has 1 amide bonds. The van der Waals surface area contributed by atoms with E-state index in [1.54, 1.807) is 36.4 Å². The first-order valence-electron chi connectivity index (χ1n) is 10.5. The fourth-order valence-corrected chi connectivity index (χ4v) is 4.64. The Labute approximate surface area is 180 Å². The van der Waals surface area contributed by atoms with E-state index in [2.05, 4.69) is 0 Å². The van der Waals surface area contributed by atoms with Gasteiger partial charge in [0.05, 0.1) is 25.2 Å². The molecule has 6 nitrogen and oxygen atoms in total. The highest BCUT2D eigenvalue weighted by atomic mass is 19.1. The highest BCUT2D eigenvalue weighted by Crippen LogP contribution is 2.38. The lowest BCUT2D eigenvalue weighted by Crippen LogP contribution is -2.42. The first-order chi connectivity index (χ1) is 14.9. The van der Waals surface area contributed by atoms with Crippen molar-refractivity contribution < 1.29 is 28.6 Å². The van der Waals surface area contributed by atoms with Gasteiger partial charge in [0, 0.05) is 13.1 Å². The lowest BCUT2D eigenvalue weighted by atomic mass is 9.78. The number of benzene rings is 2. The highest BCUT2D eigenvalue weighted by molar-refractivity contribution is 5.89. The largest absolute Gasteiger partial charge is 0.488 e. The van der Waals surface area contributed by atoms with Crippen LogP contribution in [0.4, 0.5) is 4.39 Å². The van der Waals surface area contributed by atoms with E-state index in [1.165, 1.54) is 19.2 Å². The van der Waals surface area contributed by atoms with Gasteiger partial charge in [-0.1, -0.05) is 18.2 Å². The lowest BCUT2D eigenvalue weighted by molar-refractivity contribution is -0.129. The number of aliphatic hydroxyl groups excluding tert-OH is 1. The number of methoxy groups -OCH3 is 1. The number of halogens is 1. The Morgan fingerprint density at radius 3 is 2.58 bits per heavy atom. The standard InChI is InChI=1S/C24H26FNO5/c1-30-24(29)16-5-3-7-20(10-16)31-22-12-18-14-26(13-17(18)11-21(22)27)23(28)9-15-4-2-6-19(25)8-15/h2-8,10,17-18,21-22,27H,9,11-14H2,1H3/t17-,18+,21+,22+/m0/s1. The van der Waals surface area contributed by atoms with Crippen LogP contribution in [0.2, 0.25) is 0 Å². The van der Waals surface area contributed by atoms with Gasteiger partial charge in [-0.15, -0.1) is 0 Å². The number of amides is 1. The van der Waals surface area contributed by atoms with Crippen LogP contribution < -0.4 is 4.74 Å². The summed E-state index contributed by atoms with van der Waals surface area (Å²) in [5.41, 5.74) is 1.05. The van der Waals surface area contributed by atoms with Gasteiger partial charge in [0.1, 0.15) is 17.7 Å². The van der Waals surface area contributed by atoms with E-state index in [1.807, 2.05) is 4.90 Å². The molecule has 0 radical (unpaired) electrons. The number of ether oxygens (including phenoxy) is 2. The number of likely N-dealkylation sites (tertiary alicyclic amines) is 1. The Balaban J connectivity index is 1.38. The molecule has 0 spiro atoms. The summed E-state index contributed by atoms with van der Waals surface area (Å²) < 4.78 is 24.2. The Morgan fingerprint density at radius 1 is 1.10 bits per heavy atom. The van der Waals surface area contributed by atoms with Crippen LogP contribution >= 0.6 is 0 Å². The third kappa shape index (κ3) is 4.88. The molecule has 1 aliphatic carbocycles. The molecular weight excluding hydrogens is 401 g/mol. The summed E-state index contributed by atoms with van der Waals surface area (Å²) >= 11 is 0. The third-order valence-corrected chi connectivity index (χ3v) is 6.22. The average Bonchev–Trinajstić information content (AvgIpc) is 3.16. The molecule has 1 heterocycles. The van der Waals surface area contributed by atoms with E-state index < -0.39 is 18.2 Å². The highest BCUT2D eigenvalue weighted by Gasteiger charge is 2.43. The number of hydrogen-bond acceptors (Lipinski definition) is 5. The lowest BCUT2D eigenvalue weighted by Gasteiger charge is -2.35. The van der Waals surface area contributed by atoms with Crippen LogP contribution in [0.5, 0.6) is 5.75 Å². The van der Waals surface area contributed by atoms with Gasteiger partial charge in [0.25, 0.3) is 0 Å². The molecule has 1 saturated carbocycles. The van der Waals surface area contributed by atoms with Crippen molar-refractivity contribution in [3.63, 3.8) is 0 Å². The first-order valence-corrected chi connectivity index (χ1v) is 10.5. The van der Waals surface area contributed by atoms with Crippen molar-refractivity contribution in [1.82, 2.24) is 4.90 Å². The Kier molecular flexibility index (Phi) is 6.23. The van der Waals surface area contributed by atoms with E-state index in [9.17, 15) is 19.1 Å². The average molecular weight is 427 g/mol. The van der Waals surface area contributed by atoms with Gasteiger partial charge in [-0.25, -0.2) is 9.18 Å². The van der Waals surface area contributed by atoms with Crippen LogP contribution in [-0.4, -0.2) is 54.3 Å². The van der Waals surface area contributed by atoms with Crippen LogP contribution in [0, 0.1) is 17.7 Å². The molecule has 1 N–H and O–H groups in total. The monoisotopic (exact) mass is 427 g/mol. The zero-order valence-electron chi connectivity index (χ0n) is 17.4. The minimum atomic E-state index is -0.652. The van der Waals surface area contributed by atoms with Gasteiger partial charge in [-0.2, -0.15) is 0 Å². The molecule has 1 aliphatic heterocycles. The van der Waals surface area contributed by atoms with Gasteiger partial charge in [-0.3, -0.25) is 4.79 Å². The second kappa shape index (κ2) is 9.06. The SMILES string of the molecule is COC(=O)c1cccc(O[C@@H]2C[C@@H]3CN(C(=O)Cc4cccc(F)c4)C[C@@H]3C[C@H]2O)c1. The van der Waals surface area contributed by atoms with Gasteiger partial charge in [0.15, 0.2) is 0 Å². The predicted molar refractivity (Wildman–Crippen MR) is 111 cm³/mol. The Hall–Kier alpha value is -2.93. The summed E-state index contributed by atoms with van der Waals surface area (Å²) in [5.74, 6) is 0.124. The molecule has 7 heteroatoms. The number of carbonyl (C=O) groups is 2. The van der Waals surface area contributed by atoms with Crippen LogP contribution in [0.25, 0.3) is 0 Å². The van der Waals surface area contributed by atoms with E-state index in [0.29, 0.717) is 42.8 Å². The quantitative estimate of drug-likeness (QED) is 0.743. The summed E-state index contributed by atoms with van der Waals surface area (Å²) in [5, 5.41) is 10.6. The number of esters is 1. The fraction of sp³-hybridized carbons (Fsp3) is 0.417. The Bertz CT molecular complexity index is 964. The number of carbonyl (C=O) groups excluding carboxylic acids is 2. The summed E-state index contributed by atoms with van der Waals surface area (Å²) in [6.07, 6.45) is 0.280. The Morgan fingerprint density at radius 2 is 1.84 bits per heavy atom. The van der Waals surface area contributed by atoms with Crippen molar-refractivity contribution in [3.8, 4) is 5.75 Å². The van der Waals surface area contributed by atoms with Gasteiger partial charge >= 0.3 is 5.97 Å². The van der Waals surface area contributed by atoms with Crippen molar-refractivity contribution in [3.05, 3.63) is 65.5 Å². The smallest absolute Gasteiger partial charge is 0.337 e. The molecule has 2 fully saturated rings. The van der Waals surface area contributed by atoms with Gasteiger partial charge in [0.2, 0.25) is 5.91 Å². The number of fused-ring (bicyclic) bond motifs is 1. The predicted octanol–water partition coefficient (Wildman–Crippen LogP) is 2.83. The summed E-state index contributed by atoms with van der Waals surface area (Å²) in [6, 6.07) is 12.8. The van der Waals surface area contributed by atoms with E-state index in [0.717, 1.165) is 0 Å². The summed E-state index contributed by atoms with van der Waals surface area (Å²) in [4.78, 5) is 26.3. The molecule has 4 rings (SSSR count). The van der Waals surface area contributed by atoms with Gasteiger partial charge < -0.3 is 19.5 Å². The van der Waals surface area contributed by atoms with Crippen LogP contribution in [0.3, 0.4) is 0 Å². The van der Waals surface area contributed by atoms with Crippen molar-refractivity contribution in [1.29, 1.82) is 0 Å². The molecule has 0 aromatic heterocycles. The normalized spacial score (nSPS) is 25.1. The minimum Gasteiger partial charge on any atom is -0.488 e. The topological polar surface area (TPSA) is 76.1 Å². The molecule has 4 atom stereocenters. The molecule has 2 aromatic rings. The number of aliphatic hydroxyl groups is 1. The summed E-state index contributed by atoms with van der Waals surface area (Å²) in [6.45, 7) is 1.20. The molecule has 0 unspecified atom stereocenters. The van der Waals surface area contributed by atoms with E-state index in [-0.39, 0.29) is 30.0 Å². The molecule has 164 valence electrons.